The monoisotopic (exact) mass is 268 g/mol. The molecule has 20 heavy (non-hydrogen) atoms. The summed E-state index contributed by atoms with van der Waals surface area (Å²) in [4.78, 5) is 1.62. The number of ether oxygens (including phenoxy) is 1. The zero-order valence-electron chi connectivity index (χ0n) is 12.1. The maximum atomic E-state index is 5.73. The minimum absolute atomic E-state index is 0.731. The molecule has 0 radical (unpaired) electrons. The zero-order chi connectivity index (χ0) is 13.8. The quantitative estimate of drug-likeness (QED) is 0.898. The van der Waals surface area contributed by atoms with E-state index in [1.165, 1.54) is 29.7 Å². The Bertz CT molecular complexity index is 579. The van der Waals surface area contributed by atoms with Gasteiger partial charge >= 0.3 is 0 Å². The topological polar surface area (TPSA) is 13.7 Å². The lowest BCUT2D eigenvalue weighted by molar-refractivity contribution is -0.929. The summed E-state index contributed by atoms with van der Waals surface area (Å²) in [5, 5.41) is 0. The molecule has 1 unspecified atom stereocenters. The normalized spacial score (nSPS) is 17.6. The Labute approximate surface area is 121 Å². The van der Waals surface area contributed by atoms with Crippen molar-refractivity contribution in [3.05, 3.63) is 65.2 Å². The summed E-state index contributed by atoms with van der Waals surface area (Å²) in [5.41, 5.74) is 4.35. The second kappa shape index (κ2) is 6.10. The van der Waals surface area contributed by atoms with E-state index in [0.29, 0.717) is 0 Å². The highest BCUT2D eigenvalue weighted by molar-refractivity contribution is 5.33. The molecule has 2 aromatic rings. The van der Waals surface area contributed by atoms with Crippen molar-refractivity contribution in [3.63, 3.8) is 0 Å². The third-order valence-electron chi connectivity index (χ3n) is 4.02. The van der Waals surface area contributed by atoms with Crippen molar-refractivity contribution in [3.8, 4) is 5.75 Å². The summed E-state index contributed by atoms with van der Waals surface area (Å²) in [6, 6.07) is 17.3. The Kier molecular flexibility index (Phi) is 4.03. The summed E-state index contributed by atoms with van der Waals surface area (Å²) in [7, 11) is 0. The first-order chi connectivity index (χ1) is 9.86. The zero-order valence-corrected chi connectivity index (χ0v) is 12.1. The van der Waals surface area contributed by atoms with Crippen molar-refractivity contribution in [1.82, 2.24) is 0 Å². The van der Waals surface area contributed by atoms with Gasteiger partial charge in [0.15, 0.2) is 0 Å². The van der Waals surface area contributed by atoms with Gasteiger partial charge in [0.2, 0.25) is 0 Å². The van der Waals surface area contributed by atoms with Crippen molar-refractivity contribution in [2.75, 3.05) is 13.2 Å². The average Bonchev–Trinajstić information content (AvgIpc) is 2.49. The predicted molar refractivity (Wildman–Crippen MR) is 81.0 cm³/mol. The van der Waals surface area contributed by atoms with Gasteiger partial charge in [0.05, 0.1) is 13.2 Å². The second-order valence-corrected chi connectivity index (χ2v) is 5.41. The van der Waals surface area contributed by atoms with Crippen LogP contribution in [-0.2, 0) is 19.5 Å². The van der Waals surface area contributed by atoms with E-state index in [4.69, 9.17) is 4.74 Å². The predicted octanol–water partition coefficient (Wildman–Crippen LogP) is 2.23. The summed E-state index contributed by atoms with van der Waals surface area (Å²) >= 11 is 0. The van der Waals surface area contributed by atoms with Crippen LogP contribution in [0.3, 0.4) is 0 Å². The van der Waals surface area contributed by atoms with Gasteiger partial charge in [-0.3, -0.25) is 0 Å². The Morgan fingerprint density at radius 3 is 2.60 bits per heavy atom. The Balaban J connectivity index is 1.74. The molecule has 0 saturated heterocycles. The number of hydrogen-bond acceptors (Lipinski definition) is 1. The third kappa shape index (κ3) is 2.86. The van der Waals surface area contributed by atoms with Crippen LogP contribution in [0.5, 0.6) is 5.75 Å². The molecule has 0 aromatic heterocycles. The molecule has 0 fully saturated rings. The molecule has 0 spiro atoms. The van der Waals surface area contributed by atoms with Crippen molar-refractivity contribution in [2.45, 2.75) is 26.4 Å². The fourth-order valence-corrected chi connectivity index (χ4v) is 3.01. The van der Waals surface area contributed by atoms with Crippen LogP contribution in [0.25, 0.3) is 0 Å². The number of quaternary nitrogens is 1. The van der Waals surface area contributed by atoms with Gasteiger partial charge in [-0.05, 0) is 24.6 Å². The highest BCUT2D eigenvalue weighted by atomic mass is 16.5. The fraction of sp³-hybridized carbons (Fsp3) is 0.333. The first-order valence-corrected chi connectivity index (χ1v) is 7.48. The van der Waals surface area contributed by atoms with E-state index >= 15 is 0 Å². The molecule has 1 atom stereocenters. The summed E-state index contributed by atoms with van der Waals surface area (Å²) < 4.78 is 5.73. The van der Waals surface area contributed by atoms with Crippen LogP contribution in [0.4, 0.5) is 0 Å². The van der Waals surface area contributed by atoms with E-state index in [1.807, 2.05) is 6.92 Å². The average molecular weight is 268 g/mol. The van der Waals surface area contributed by atoms with Gasteiger partial charge in [-0.25, -0.2) is 0 Å². The van der Waals surface area contributed by atoms with E-state index in [1.54, 1.807) is 4.90 Å². The number of nitrogens with one attached hydrogen (secondary N) is 1. The van der Waals surface area contributed by atoms with Crippen LogP contribution in [0.2, 0.25) is 0 Å². The van der Waals surface area contributed by atoms with Crippen molar-refractivity contribution >= 4 is 0 Å². The molecule has 0 aliphatic carbocycles. The number of fused-ring (bicyclic) bond motifs is 1. The summed E-state index contributed by atoms with van der Waals surface area (Å²) in [6.45, 7) is 6.15. The molecule has 1 aliphatic heterocycles. The van der Waals surface area contributed by atoms with E-state index in [-0.39, 0.29) is 0 Å². The van der Waals surface area contributed by atoms with E-state index in [2.05, 4.69) is 48.5 Å². The van der Waals surface area contributed by atoms with E-state index in [0.717, 1.165) is 25.4 Å². The number of rotatable bonds is 4. The van der Waals surface area contributed by atoms with E-state index in [9.17, 15) is 0 Å². The van der Waals surface area contributed by atoms with Gasteiger partial charge in [-0.1, -0.05) is 36.4 Å². The van der Waals surface area contributed by atoms with Crippen LogP contribution in [0.15, 0.2) is 48.5 Å². The molecule has 2 aromatic carbocycles. The van der Waals surface area contributed by atoms with Gasteiger partial charge in [-0.15, -0.1) is 0 Å². The molecule has 2 heteroatoms. The fourth-order valence-electron chi connectivity index (χ4n) is 3.01. The Hall–Kier alpha value is -1.80. The van der Waals surface area contributed by atoms with Crippen molar-refractivity contribution in [1.29, 1.82) is 0 Å². The Morgan fingerprint density at radius 2 is 1.75 bits per heavy atom. The lowest BCUT2D eigenvalue weighted by Crippen LogP contribution is -3.10. The molecule has 0 saturated carbocycles. The molecule has 0 amide bonds. The van der Waals surface area contributed by atoms with Gasteiger partial charge in [0.1, 0.15) is 18.8 Å². The molecule has 0 bridgehead atoms. The van der Waals surface area contributed by atoms with Crippen LogP contribution >= 0.6 is 0 Å². The van der Waals surface area contributed by atoms with Crippen molar-refractivity contribution < 1.29 is 9.64 Å². The smallest absolute Gasteiger partial charge is 0.128 e. The number of benzene rings is 2. The lowest BCUT2D eigenvalue weighted by atomic mass is 9.99. The molecule has 1 aliphatic rings. The lowest BCUT2D eigenvalue weighted by Gasteiger charge is -2.26. The summed E-state index contributed by atoms with van der Waals surface area (Å²) in [6.07, 6.45) is 1.18. The van der Waals surface area contributed by atoms with Crippen LogP contribution in [-0.4, -0.2) is 13.2 Å². The maximum Gasteiger partial charge on any atom is 0.128 e. The summed E-state index contributed by atoms with van der Waals surface area (Å²) in [5.74, 6) is 1.04. The minimum Gasteiger partial charge on any atom is -0.493 e. The SMILES string of the molecule is CCOc1ccccc1C[NH+]1CCc2ccccc2C1. The molecule has 1 N–H and O–H groups in total. The third-order valence-corrected chi connectivity index (χ3v) is 4.02. The molecular weight excluding hydrogens is 246 g/mol. The van der Waals surface area contributed by atoms with Gasteiger partial charge in [0.25, 0.3) is 0 Å². The highest BCUT2D eigenvalue weighted by Gasteiger charge is 2.20. The first-order valence-electron chi connectivity index (χ1n) is 7.48. The van der Waals surface area contributed by atoms with E-state index < -0.39 is 0 Å². The van der Waals surface area contributed by atoms with Crippen LogP contribution < -0.4 is 9.64 Å². The van der Waals surface area contributed by atoms with Crippen LogP contribution in [0.1, 0.15) is 23.6 Å². The number of hydrogen-bond donors (Lipinski definition) is 1. The highest BCUT2D eigenvalue weighted by Crippen LogP contribution is 2.17. The molecular formula is C18H22NO+. The van der Waals surface area contributed by atoms with Crippen molar-refractivity contribution in [2.24, 2.45) is 0 Å². The second-order valence-electron chi connectivity index (χ2n) is 5.41. The largest absolute Gasteiger partial charge is 0.493 e. The number of para-hydroxylation sites is 1. The Morgan fingerprint density at radius 1 is 1.00 bits per heavy atom. The molecule has 3 rings (SSSR count). The molecule has 104 valence electrons. The van der Waals surface area contributed by atoms with Gasteiger partial charge < -0.3 is 9.64 Å². The van der Waals surface area contributed by atoms with Gasteiger partial charge in [-0.2, -0.15) is 0 Å². The standard InChI is InChI=1S/C18H21NO/c1-2-20-18-10-6-5-9-17(18)14-19-12-11-15-7-3-4-8-16(15)13-19/h3-10H,2,11-14H2,1H3/p+1. The van der Waals surface area contributed by atoms with Gasteiger partial charge in [0, 0.05) is 17.5 Å². The molecule has 2 nitrogen and oxygen atoms in total. The maximum absolute atomic E-state index is 5.73. The first kappa shape index (κ1) is 13.2. The minimum atomic E-state index is 0.731. The van der Waals surface area contributed by atoms with Crippen LogP contribution in [0, 0.1) is 0 Å². The molecule has 1 heterocycles.